The highest BCUT2D eigenvalue weighted by molar-refractivity contribution is 6.31. The minimum atomic E-state index is -4.45. The fraction of sp³-hybridized carbons (Fsp3) is 0.400. The molecule has 1 N–H and O–H groups in total. The molecule has 1 heterocycles. The minimum Gasteiger partial charge on any atom is -0.364 e. The summed E-state index contributed by atoms with van der Waals surface area (Å²) in [5, 5.41) is 6.78. The molecule has 0 aliphatic heterocycles. The summed E-state index contributed by atoms with van der Waals surface area (Å²) in [7, 11) is 0. The minimum absolute atomic E-state index is 0.143. The van der Waals surface area contributed by atoms with Crippen molar-refractivity contribution >= 4 is 11.6 Å². The number of alkyl halides is 3. The van der Waals surface area contributed by atoms with Crippen molar-refractivity contribution < 1.29 is 17.7 Å². The SMILES string of the molecule is FC(F)(F)c1cc([C@@H](NCc2ccon2)C2CC2)ccc1Cl. The molecule has 0 unspecified atom stereocenters. The first kappa shape index (κ1) is 15.4. The molecule has 0 spiro atoms. The van der Waals surface area contributed by atoms with Crippen LogP contribution in [0.1, 0.15) is 35.7 Å². The van der Waals surface area contributed by atoms with E-state index in [2.05, 4.69) is 10.5 Å². The van der Waals surface area contributed by atoms with Crippen LogP contribution in [0.3, 0.4) is 0 Å². The van der Waals surface area contributed by atoms with Gasteiger partial charge in [0.25, 0.3) is 0 Å². The lowest BCUT2D eigenvalue weighted by atomic mass is 9.99. The van der Waals surface area contributed by atoms with Crippen LogP contribution in [0.4, 0.5) is 13.2 Å². The smallest absolute Gasteiger partial charge is 0.364 e. The molecule has 2 aromatic rings. The fourth-order valence-electron chi connectivity index (χ4n) is 2.48. The van der Waals surface area contributed by atoms with Crippen molar-refractivity contribution in [2.45, 2.75) is 31.6 Å². The summed E-state index contributed by atoms with van der Waals surface area (Å²) < 4.78 is 43.7. The van der Waals surface area contributed by atoms with E-state index in [4.69, 9.17) is 16.1 Å². The third kappa shape index (κ3) is 3.44. The molecule has 1 atom stereocenters. The van der Waals surface area contributed by atoms with Crippen LogP contribution in [0.15, 0.2) is 35.1 Å². The normalized spacial score (nSPS) is 16.7. The number of hydrogen-bond donors (Lipinski definition) is 1. The molecule has 118 valence electrons. The van der Waals surface area contributed by atoms with Gasteiger partial charge in [0, 0.05) is 18.7 Å². The molecule has 1 aliphatic rings. The lowest BCUT2D eigenvalue weighted by Gasteiger charge is -2.20. The monoisotopic (exact) mass is 330 g/mol. The highest BCUT2D eigenvalue weighted by Crippen LogP contribution is 2.43. The number of nitrogens with one attached hydrogen (secondary N) is 1. The third-order valence-corrected chi connectivity index (χ3v) is 4.07. The maximum absolute atomic E-state index is 13.0. The molecule has 3 nitrogen and oxygen atoms in total. The summed E-state index contributed by atoms with van der Waals surface area (Å²) in [5.41, 5.74) is 0.527. The van der Waals surface area contributed by atoms with E-state index in [1.54, 1.807) is 12.1 Å². The van der Waals surface area contributed by atoms with E-state index in [0.717, 1.165) is 24.6 Å². The molecule has 1 fully saturated rings. The molecule has 0 radical (unpaired) electrons. The number of rotatable bonds is 5. The largest absolute Gasteiger partial charge is 0.417 e. The lowest BCUT2D eigenvalue weighted by molar-refractivity contribution is -0.137. The van der Waals surface area contributed by atoms with Crippen molar-refractivity contribution in [2.24, 2.45) is 5.92 Å². The van der Waals surface area contributed by atoms with Gasteiger partial charge in [0.05, 0.1) is 16.3 Å². The second kappa shape index (κ2) is 5.93. The Kier molecular flexibility index (Phi) is 4.14. The van der Waals surface area contributed by atoms with Crippen molar-refractivity contribution in [3.8, 4) is 0 Å². The van der Waals surface area contributed by atoms with Crippen LogP contribution >= 0.6 is 11.6 Å². The van der Waals surface area contributed by atoms with Gasteiger partial charge in [0.15, 0.2) is 0 Å². The van der Waals surface area contributed by atoms with Gasteiger partial charge in [-0.25, -0.2) is 0 Å². The Morgan fingerprint density at radius 2 is 2.09 bits per heavy atom. The molecular formula is C15H14ClF3N2O. The van der Waals surface area contributed by atoms with E-state index in [1.807, 2.05) is 0 Å². The first-order valence-electron chi connectivity index (χ1n) is 6.94. The zero-order valence-corrected chi connectivity index (χ0v) is 12.3. The van der Waals surface area contributed by atoms with Gasteiger partial charge < -0.3 is 9.84 Å². The van der Waals surface area contributed by atoms with Gasteiger partial charge in [-0.3, -0.25) is 0 Å². The highest BCUT2D eigenvalue weighted by Gasteiger charge is 2.36. The molecule has 7 heteroatoms. The zero-order chi connectivity index (χ0) is 15.7. The number of nitrogens with zero attached hydrogens (tertiary/aromatic N) is 1. The molecular weight excluding hydrogens is 317 g/mol. The van der Waals surface area contributed by atoms with E-state index in [9.17, 15) is 13.2 Å². The van der Waals surface area contributed by atoms with Crippen molar-refractivity contribution in [3.63, 3.8) is 0 Å². The van der Waals surface area contributed by atoms with Crippen molar-refractivity contribution in [3.05, 3.63) is 52.4 Å². The molecule has 22 heavy (non-hydrogen) atoms. The molecule has 1 aromatic heterocycles. The van der Waals surface area contributed by atoms with E-state index in [1.165, 1.54) is 12.3 Å². The number of halogens is 4. The Labute approximate surface area is 130 Å². The van der Waals surface area contributed by atoms with E-state index in [-0.39, 0.29) is 11.1 Å². The number of aromatic nitrogens is 1. The Bertz CT molecular complexity index is 639. The molecule has 0 saturated heterocycles. The van der Waals surface area contributed by atoms with Gasteiger partial charge >= 0.3 is 6.18 Å². The van der Waals surface area contributed by atoms with E-state index < -0.39 is 11.7 Å². The Hall–Kier alpha value is -1.53. The summed E-state index contributed by atoms with van der Waals surface area (Å²) in [6.45, 7) is 0.446. The Balaban J connectivity index is 1.82. The van der Waals surface area contributed by atoms with Gasteiger partial charge in [-0.15, -0.1) is 0 Å². The van der Waals surface area contributed by atoms with Gasteiger partial charge in [0.2, 0.25) is 0 Å². The van der Waals surface area contributed by atoms with Gasteiger partial charge in [0.1, 0.15) is 6.26 Å². The second-order valence-corrected chi connectivity index (χ2v) is 5.83. The van der Waals surface area contributed by atoms with E-state index in [0.29, 0.717) is 18.0 Å². The van der Waals surface area contributed by atoms with Crippen LogP contribution in [0.2, 0.25) is 5.02 Å². The van der Waals surface area contributed by atoms with Gasteiger partial charge in [-0.05, 0) is 36.5 Å². The van der Waals surface area contributed by atoms with E-state index >= 15 is 0 Å². The molecule has 0 bridgehead atoms. The summed E-state index contributed by atoms with van der Waals surface area (Å²) >= 11 is 5.68. The number of hydrogen-bond acceptors (Lipinski definition) is 3. The summed E-state index contributed by atoms with van der Waals surface area (Å²) in [4.78, 5) is 0. The van der Waals surface area contributed by atoms with Gasteiger partial charge in [-0.1, -0.05) is 22.8 Å². The molecule has 1 aromatic carbocycles. The summed E-state index contributed by atoms with van der Waals surface area (Å²) in [5.74, 6) is 0.342. The second-order valence-electron chi connectivity index (χ2n) is 5.42. The average molecular weight is 331 g/mol. The summed E-state index contributed by atoms with van der Waals surface area (Å²) in [6, 6.07) is 5.68. The van der Waals surface area contributed by atoms with Crippen LogP contribution in [0, 0.1) is 5.92 Å². The van der Waals surface area contributed by atoms with Crippen LogP contribution in [0.25, 0.3) is 0 Å². The molecule has 1 saturated carbocycles. The molecule has 0 amide bonds. The standard InChI is InChI=1S/C15H14ClF3N2O/c16-13-4-3-10(7-12(13)15(17,18)19)14(9-1-2-9)20-8-11-5-6-22-21-11/h3-7,9,14,20H,1-2,8H2/t14-/m0/s1. The van der Waals surface area contributed by atoms with Crippen LogP contribution in [-0.4, -0.2) is 5.16 Å². The Morgan fingerprint density at radius 1 is 1.32 bits per heavy atom. The van der Waals surface area contributed by atoms with Crippen LogP contribution in [-0.2, 0) is 12.7 Å². The molecule has 3 rings (SSSR count). The topological polar surface area (TPSA) is 38.1 Å². The number of benzene rings is 1. The van der Waals surface area contributed by atoms with Crippen LogP contribution in [0.5, 0.6) is 0 Å². The molecule has 1 aliphatic carbocycles. The van der Waals surface area contributed by atoms with Crippen molar-refractivity contribution in [1.82, 2.24) is 10.5 Å². The first-order valence-corrected chi connectivity index (χ1v) is 7.32. The maximum atomic E-state index is 13.0. The Morgan fingerprint density at radius 3 is 2.68 bits per heavy atom. The predicted molar refractivity (Wildman–Crippen MR) is 75.3 cm³/mol. The third-order valence-electron chi connectivity index (χ3n) is 3.74. The predicted octanol–water partition coefficient (Wildman–Crippen LogP) is 4.59. The summed E-state index contributed by atoms with van der Waals surface area (Å²) in [6.07, 6.45) is -0.985. The lowest BCUT2D eigenvalue weighted by Crippen LogP contribution is -2.23. The van der Waals surface area contributed by atoms with Crippen molar-refractivity contribution in [1.29, 1.82) is 0 Å². The van der Waals surface area contributed by atoms with Crippen molar-refractivity contribution in [2.75, 3.05) is 0 Å². The highest BCUT2D eigenvalue weighted by atomic mass is 35.5. The van der Waals surface area contributed by atoms with Gasteiger partial charge in [-0.2, -0.15) is 13.2 Å². The zero-order valence-electron chi connectivity index (χ0n) is 11.5. The fourth-order valence-corrected chi connectivity index (χ4v) is 2.71. The first-order chi connectivity index (χ1) is 10.4. The average Bonchev–Trinajstić information content (AvgIpc) is 3.15. The van der Waals surface area contributed by atoms with Crippen LogP contribution < -0.4 is 5.32 Å². The maximum Gasteiger partial charge on any atom is 0.417 e. The quantitative estimate of drug-likeness (QED) is 0.871.